The number of aromatic nitrogens is 5. The van der Waals surface area contributed by atoms with Gasteiger partial charge in [0.1, 0.15) is 6.10 Å². The highest BCUT2D eigenvalue weighted by Crippen LogP contribution is 2.24. The maximum atomic E-state index is 13.0. The summed E-state index contributed by atoms with van der Waals surface area (Å²) in [5.74, 6) is 1.63. The summed E-state index contributed by atoms with van der Waals surface area (Å²) in [7, 11) is 0. The van der Waals surface area contributed by atoms with E-state index in [9.17, 15) is 4.79 Å². The molecule has 1 atom stereocenters. The number of morpholine rings is 1. The first-order valence-electron chi connectivity index (χ1n) is 8.38. The van der Waals surface area contributed by atoms with Gasteiger partial charge in [-0.1, -0.05) is 26.0 Å². The highest BCUT2D eigenvalue weighted by Gasteiger charge is 2.29. The molecule has 3 aromatic rings. The van der Waals surface area contributed by atoms with Gasteiger partial charge in [-0.05, 0) is 6.07 Å². The van der Waals surface area contributed by atoms with Crippen LogP contribution in [0, 0.1) is 0 Å². The van der Waals surface area contributed by atoms with E-state index in [2.05, 4.69) is 25.4 Å². The maximum absolute atomic E-state index is 13.0. The van der Waals surface area contributed by atoms with Gasteiger partial charge in [0, 0.05) is 17.8 Å². The molecule has 0 bridgehead atoms. The number of fused-ring (bicyclic) bond motifs is 1. The number of H-pyrrole nitrogens is 2. The average molecular weight is 340 g/mol. The molecule has 1 saturated heterocycles. The molecule has 8 nitrogen and oxygen atoms in total. The van der Waals surface area contributed by atoms with Crippen molar-refractivity contribution in [3.63, 3.8) is 0 Å². The van der Waals surface area contributed by atoms with Gasteiger partial charge >= 0.3 is 0 Å². The smallest absolute Gasteiger partial charge is 0.256 e. The zero-order valence-corrected chi connectivity index (χ0v) is 14.2. The molecule has 2 N–H and O–H groups in total. The van der Waals surface area contributed by atoms with Gasteiger partial charge in [-0.15, -0.1) is 0 Å². The Labute approximate surface area is 144 Å². The van der Waals surface area contributed by atoms with Crippen molar-refractivity contribution in [2.75, 3.05) is 19.7 Å². The van der Waals surface area contributed by atoms with Gasteiger partial charge in [-0.3, -0.25) is 15.0 Å². The molecule has 1 aliphatic heterocycles. The van der Waals surface area contributed by atoms with E-state index in [1.807, 2.05) is 32.0 Å². The summed E-state index contributed by atoms with van der Waals surface area (Å²) in [6.07, 6.45) is 1.43. The highest BCUT2D eigenvalue weighted by atomic mass is 16.5. The van der Waals surface area contributed by atoms with Gasteiger partial charge in [-0.2, -0.15) is 10.2 Å². The second kappa shape index (κ2) is 6.29. The van der Waals surface area contributed by atoms with Crippen molar-refractivity contribution in [1.29, 1.82) is 0 Å². The summed E-state index contributed by atoms with van der Waals surface area (Å²) in [5, 5.41) is 15.0. The highest BCUT2D eigenvalue weighted by molar-refractivity contribution is 6.05. The van der Waals surface area contributed by atoms with Crippen LogP contribution in [0.3, 0.4) is 0 Å². The van der Waals surface area contributed by atoms with E-state index in [1.165, 1.54) is 0 Å². The maximum Gasteiger partial charge on any atom is 0.256 e. The summed E-state index contributed by atoms with van der Waals surface area (Å²) in [5.41, 5.74) is 1.38. The van der Waals surface area contributed by atoms with Crippen LogP contribution >= 0.6 is 0 Å². The van der Waals surface area contributed by atoms with Gasteiger partial charge < -0.3 is 9.64 Å². The molecule has 130 valence electrons. The third-order valence-corrected chi connectivity index (χ3v) is 4.40. The zero-order valence-electron chi connectivity index (χ0n) is 14.2. The number of ether oxygens (including phenoxy) is 1. The van der Waals surface area contributed by atoms with Crippen LogP contribution in [0.1, 0.15) is 47.9 Å². The molecule has 1 fully saturated rings. The lowest BCUT2D eigenvalue weighted by Crippen LogP contribution is -2.42. The molecule has 0 spiro atoms. The third kappa shape index (κ3) is 2.89. The second-order valence-electron chi connectivity index (χ2n) is 6.48. The normalized spacial score (nSPS) is 18.2. The minimum Gasteiger partial charge on any atom is -0.367 e. The molecule has 0 unspecified atom stereocenters. The molecule has 2 aromatic heterocycles. The van der Waals surface area contributed by atoms with E-state index in [4.69, 9.17) is 4.74 Å². The van der Waals surface area contributed by atoms with Crippen molar-refractivity contribution in [3.05, 3.63) is 41.6 Å². The molecular weight excluding hydrogens is 320 g/mol. The Morgan fingerprint density at radius 3 is 3.04 bits per heavy atom. The molecule has 8 heteroatoms. The van der Waals surface area contributed by atoms with E-state index in [1.54, 1.807) is 11.1 Å². The van der Waals surface area contributed by atoms with Gasteiger partial charge in [-0.25, -0.2) is 4.98 Å². The van der Waals surface area contributed by atoms with Crippen LogP contribution in [0.2, 0.25) is 0 Å². The number of hydrogen-bond acceptors (Lipinski definition) is 5. The van der Waals surface area contributed by atoms with E-state index in [0.29, 0.717) is 31.1 Å². The number of nitrogens with zero attached hydrogens (tertiary/aromatic N) is 4. The first-order chi connectivity index (χ1) is 12.1. The number of benzene rings is 1. The summed E-state index contributed by atoms with van der Waals surface area (Å²) in [6.45, 7) is 5.53. The number of hydrogen-bond donors (Lipinski definition) is 2. The lowest BCUT2D eigenvalue weighted by Gasteiger charge is -2.32. The first kappa shape index (κ1) is 15.8. The Kier molecular flexibility index (Phi) is 3.96. The fraction of sp³-hybridized carbons (Fsp3) is 0.412. The van der Waals surface area contributed by atoms with Gasteiger partial charge in [0.2, 0.25) is 0 Å². The molecule has 1 aliphatic rings. The van der Waals surface area contributed by atoms with Gasteiger partial charge in [0.05, 0.1) is 30.4 Å². The summed E-state index contributed by atoms with van der Waals surface area (Å²) >= 11 is 0. The Bertz CT molecular complexity index is 899. The number of carbonyl (C=O) groups excluding carboxylic acids is 1. The van der Waals surface area contributed by atoms with Crippen molar-refractivity contribution >= 4 is 16.8 Å². The van der Waals surface area contributed by atoms with Crippen LogP contribution in [0.25, 0.3) is 10.9 Å². The lowest BCUT2D eigenvalue weighted by molar-refractivity contribution is -0.0266. The van der Waals surface area contributed by atoms with Crippen molar-refractivity contribution in [2.45, 2.75) is 25.9 Å². The van der Waals surface area contributed by atoms with Crippen LogP contribution in [0.4, 0.5) is 0 Å². The first-order valence-corrected chi connectivity index (χ1v) is 8.38. The largest absolute Gasteiger partial charge is 0.367 e. The van der Waals surface area contributed by atoms with Crippen LogP contribution in [-0.2, 0) is 4.74 Å². The van der Waals surface area contributed by atoms with Crippen molar-refractivity contribution in [2.24, 2.45) is 0 Å². The lowest BCUT2D eigenvalue weighted by atomic mass is 10.1. The minimum absolute atomic E-state index is 0.0354. The predicted molar refractivity (Wildman–Crippen MR) is 91.2 cm³/mol. The average Bonchev–Trinajstić information content (AvgIpc) is 3.30. The number of carbonyl (C=O) groups is 1. The minimum atomic E-state index is -0.293. The number of aromatic amines is 2. The Balaban J connectivity index is 1.56. The predicted octanol–water partition coefficient (Wildman–Crippen LogP) is 2.02. The summed E-state index contributed by atoms with van der Waals surface area (Å²) in [6, 6.07) is 5.62. The van der Waals surface area contributed by atoms with Crippen LogP contribution in [0.5, 0.6) is 0 Å². The topological polar surface area (TPSA) is 99.8 Å². The van der Waals surface area contributed by atoms with Crippen LogP contribution < -0.4 is 0 Å². The monoisotopic (exact) mass is 340 g/mol. The molecule has 0 radical (unpaired) electrons. The summed E-state index contributed by atoms with van der Waals surface area (Å²) < 4.78 is 5.80. The fourth-order valence-corrected chi connectivity index (χ4v) is 3.01. The van der Waals surface area contributed by atoms with Crippen molar-refractivity contribution < 1.29 is 9.53 Å². The standard InChI is InChI=1S/C17H20N6O2/c1-10(2)15-19-16(22-21-15)13-9-23(6-7-25-13)17(24)12-5-3-4-11-8-18-20-14(11)12/h3-5,8,10,13H,6-7,9H2,1-2H3,(H,18,20)(H,19,21,22)/t13-/m1/s1. The Hall–Kier alpha value is -2.74. The molecule has 3 heterocycles. The molecule has 1 amide bonds. The van der Waals surface area contributed by atoms with E-state index in [0.717, 1.165) is 16.7 Å². The molecule has 0 saturated carbocycles. The number of rotatable bonds is 3. The molecule has 1 aromatic carbocycles. The van der Waals surface area contributed by atoms with Crippen molar-refractivity contribution in [3.8, 4) is 0 Å². The molecule has 25 heavy (non-hydrogen) atoms. The molecular formula is C17H20N6O2. The van der Waals surface area contributed by atoms with Crippen LogP contribution in [-0.4, -0.2) is 55.9 Å². The van der Waals surface area contributed by atoms with Crippen molar-refractivity contribution in [1.82, 2.24) is 30.3 Å². The second-order valence-corrected chi connectivity index (χ2v) is 6.48. The molecule has 0 aliphatic carbocycles. The number of amides is 1. The SMILES string of the molecule is CC(C)c1n[nH]c([C@H]2CN(C(=O)c3cccc4cn[nH]c34)CCO2)n1. The van der Waals surface area contributed by atoms with Crippen LogP contribution in [0.15, 0.2) is 24.4 Å². The van der Waals surface area contributed by atoms with E-state index in [-0.39, 0.29) is 17.9 Å². The fourth-order valence-electron chi connectivity index (χ4n) is 3.01. The van der Waals surface area contributed by atoms with E-state index >= 15 is 0 Å². The Morgan fingerprint density at radius 1 is 1.36 bits per heavy atom. The Morgan fingerprint density at radius 2 is 2.24 bits per heavy atom. The van der Waals surface area contributed by atoms with E-state index < -0.39 is 0 Å². The zero-order chi connectivity index (χ0) is 17.4. The summed E-state index contributed by atoms with van der Waals surface area (Å²) in [4.78, 5) is 19.3. The third-order valence-electron chi connectivity index (χ3n) is 4.40. The number of nitrogens with one attached hydrogen (secondary N) is 2. The number of para-hydroxylation sites is 1. The van der Waals surface area contributed by atoms with Gasteiger partial charge in [0.15, 0.2) is 11.6 Å². The quantitative estimate of drug-likeness (QED) is 0.760. The molecule has 4 rings (SSSR count). The van der Waals surface area contributed by atoms with Gasteiger partial charge in [0.25, 0.3) is 5.91 Å².